The Bertz CT molecular complexity index is 2760. The molecule has 4 saturated heterocycles. The SMILES string of the molecule is N#Cc1cnn2cc(-c3cnn(C4CCN(C(=O)CN5CCC(c6ccc(NC7CCC(=O)NC7=O)cc6F)CC5)CC4)c3)cc(-c3ccc(N4CCC(Nc5ccccn5)CC4)nc3)c12. The molecule has 0 spiro atoms. The molecule has 0 saturated carbocycles. The Morgan fingerprint density at radius 3 is 2.38 bits per heavy atom. The molecule has 1 unspecified atom stereocenters. The van der Waals surface area contributed by atoms with Gasteiger partial charge in [-0.1, -0.05) is 12.1 Å². The lowest BCUT2D eigenvalue weighted by molar-refractivity contribution is -0.135. The first-order valence-corrected chi connectivity index (χ1v) is 23.0. The van der Waals surface area contributed by atoms with Crippen molar-refractivity contribution in [2.45, 2.75) is 75.4 Å². The second-order valence-electron chi connectivity index (χ2n) is 17.9. The quantitative estimate of drug-likeness (QED) is 0.129. The molecule has 1 atom stereocenters. The van der Waals surface area contributed by atoms with Crippen molar-refractivity contribution in [3.05, 3.63) is 109 Å². The number of hydrogen-bond acceptors (Lipinski definition) is 12. The number of benzene rings is 1. The summed E-state index contributed by atoms with van der Waals surface area (Å²) in [6, 6.07) is 19.4. The summed E-state index contributed by atoms with van der Waals surface area (Å²) in [5, 5.41) is 28.3. The van der Waals surface area contributed by atoms with E-state index < -0.39 is 11.9 Å². The molecule has 0 radical (unpaired) electrons. The van der Waals surface area contributed by atoms with E-state index in [1.165, 1.54) is 6.07 Å². The number of hydrogen-bond donors (Lipinski definition) is 3. The fourth-order valence-electron chi connectivity index (χ4n) is 9.96. The predicted octanol–water partition coefficient (Wildman–Crippen LogP) is 6.01. The van der Waals surface area contributed by atoms with Crippen LogP contribution in [0.3, 0.4) is 0 Å². The molecule has 4 aliphatic heterocycles. The molecule has 338 valence electrons. The maximum atomic E-state index is 15.3. The summed E-state index contributed by atoms with van der Waals surface area (Å²) in [5.41, 5.74) is 5.99. The summed E-state index contributed by atoms with van der Waals surface area (Å²) < 4.78 is 19.1. The number of nitrogens with one attached hydrogen (secondary N) is 3. The van der Waals surface area contributed by atoms with Gasteiger partial charge in [-0.05, 0) is 112 Å². The summed E-state index contributed by atoms with van der Waals surface area (Å²) in [7, 11) is 0. The van der Waals surface area contributed by atoms with E-state index in [1.807, 2.05) is 46.4 Å². The number of fused-ring (bicyclic) bond motifs is 1. The average molecular weight is 890 g/mol. The summed E-state index contributed by atoms with van der Waals surface area (Å²) >= 11 is 0. The van der Waals surface area contributed by atoms with Gasteiger partial charge in [0, 0.05) is 91.4 Å². The monoisotopic (exact) mass is 889 g/mol. The molecule has 10 rings (SSSR count). The van der Waals surface area contributed by atoms with Gasteiger partial charge in [0.05, 0.1) is 36.1 Å². The third-order valence-electron chi connectivity index (χ3n) is 13.7. The molecule has 66 heavy (non-hydrogen) atoms. The largest absolute Gasteiger partial charge is 0.374 e. The zero-order valence-electron chi connectivity index (χ0n) is 36.7. The molecule has 4 fully saturated rings. The van der Waals surface area contributed by atoms with E-state index in [2.05, 4.69) is 66.3 Å². The number of likely N-dealkylation sites (tertiary alicyclic amines) is 2. The fraction of sp³-hybridized carbons (Fsp3) is 0.388. The lowest BCUT2D eigenvalue weighted by Gasteiger charge is -2.36. The summed E-state index contributed by atoms with van der Waals surface area (Å²) in [4.78, 5) is 52.9. The van der Waals surface area contributed by atoms with Crippen molar-refractivity contribution in [2.75, 3.05) is 61.3 Å². The van der Waals surface area contributed by atoms with E-state index in [-0.39, 0.29) is 36.0 Å². The number of nitriles is 1. The molecule has 3 N–H and O–H groups in total. The number of piperidine rings is 4. The van der Waals surface area contributed by atoms with Crippen LogP contribution < -0.4 is 20.9 Å². The Morgan fingerprint density at radius 1 is 0.818 bits per heavy atom. The molecule has 3 amide bonds. The van der Waals surface area contributed by atoms with Gasteiger partial charge in [-0.15, -0.1) is 0 Å². The minimum absolute atomic E-state index is 0.0447. The second-order valence-corrected chi connectivity index (χ2v) is 17.9. The van der Waals surface area contributed by atoms with Crippen LogP contribution in [0.25, 0.3) is 27.8 Å². The first-order chi connectivity index (χ1) is 32.2. The van der Waals surface area contributed by atoms with Gasteiger partial charge >= 0.3 is 0 Å². The van der Waals surface area contributed by atoms with Gasteiger partial charge in [-0.25, -0.2) is 18.9 Å². The molecule has 9 heterocycles. The van der Waals surface area contributed by atoms with Crippen LogP contribution in [0.15, 0.2) is 91.8 Å². The van der Waals surface area contributed by atoms with Gasteiger partial charge < -0.3 is 20.4 Å². The first-order valence-electron chi connectivity index (χ1n) is 23.0. The average Bonchev–Trinajstić information content (AvgIpc) is 4.02. The van der Waals surface area contributed by atoms with E-state index in [0.717, 1.165) is 91.0 Å². The van der Waals surface area contributed by atoms with Gasteiger partial charge in [-0.3, -0.25) is 29.3 Å². The Labute approximate surface area is 381 Å². The maximum Gasteiger partial charge on any atom is 0.249 e. The number of amides is 3. The summed E-state index contributed by atoms with van der Waals surface area (Å²) in [6.45, 7) is 4.80. The molecular weight excluding hydrogens is 838 g/mol. The zero-order chi connectivity index (χ0) is 45.1. The standard InChI is InChI=1S/C49H52FN13O3/c50-42-24-38(56-43-7-9-46(64)58-49(43)66)5-6-40(42)32-10-17-59(18-11-32)31-47(65)61-21-14-39(15-22-61)62-30-36(28-54-62)34-23-41(48-35(25-51)27-55-63(48)29-34)33-4-8-45(53-26-33)60-19-12-37(13-20-60)57-44-3-1-2-16-52-44/h1-6,8,16,23-24,26-30,32,37,39,43,56H,7,9-15,17-22,31H2,(H,52,57)(H,58,64,66). The van der Waals surface area contributed by atoms with Gasteiger partial charge in [-0.2, -0.15) is 15.5 Å². The predicted molar refractivity (Wildman–Crippen MR) is 247 cm³/mol. The van der Waals surface area contributed by atoms with E-state index >= 15 is 4.39 Å². The van der Waals surface area contributed by atoms with Crippen molar-refractivity contribution in [3.8, 4) is 28.3 Å². The van der Waals surface area contributed by atoms with E-state index in [4.69, 9.17) is 10.1 Å². The van der Waals surface area contributed by atoms with Crippen LogP contribution >= 0.6 is 0 Å². The molecular formula is C49H52FN13O3. The van der Waals surface area contributed by atoms with E-state index in [1.54, 1.807) is 29.0 Å². The second kappa shape index (κ2) is 18.7. The van der Waals surface area contributed by atoms with Crippen LogP contribution in [-0.2, 0) is 14.4 Å². The number of pyridine rings is 3. The van der Waals surface area contributed by atoms with Crippen molar-refractivity contribution in [1.29, 1.82) is 5.26 Å². The lowest BCUT2D eigenvalue weighted by atomic mass is 9.89. The van der Waals surface area contributed by atoms with Crippen molar-refractivity contribution in [1.82, 2.24) is 44.5 Å². The normalized spacial score (nSPS) is 19.2. The molecule has 5 aromatic heterocycles. The molecule has 16 nitrogen and oxygen atoms in total. The van der Waals surface area contributed by atoms with Crippen LogP contribution in [0.5, 0.6) is 0 Å². The minimum atomic E-state index is -0.571. The van der Waals surface area contributed by atoms with Gasteiger partial charge in [0.2, 0.25) is 17.7 Å². The Morgan fingerprint density at radius 2 is 1.65 bits per heavy atom. The maximum absolute atomic E-state index is 15.3. The van der Waals surface area contributed by atoms with Crippen molar-refractivity contribution in [2.24, 2.45) is 0 Å². The number of carbonyl (C=O) groups is 3. The van der Waals surface area contributed by atoms with Crippen LogP contribution in [0.4, 0.5) is 21.7 Å². The van der Waals surface area contributed by atoms with Crippen molar-refractivity contribution < 1.29 is 18.8 Å². The number of rotatable bonds is 11. The molecule has 6 aromatic rings. The molecule has 4 aliphatic rings. The van der Waals surface area contributed by atoms with Crippen LogP contribution in [0, 0.1) is 17.1 Å². The third kappa shape index (κ3) is 9.18. The van der Waals surface area contributed by atoms with Gasteiger partial charge in [0.15, 0.2) is 0 Å². The summed E-state index contributed by atoms with van der Waals surface area (Å²) in [6.07, 6.45) is 16.8. The number of aromatic nitrogens is 6. The van der Waals surface area contributed by atoms with E-state index in [9.17, 15) is 19.6 Å². The highest BCUT2D eigenvalue weighted by atomic mass is 19.1. The number of halogens is 1. The highest BCUT2D eigenvalue weighted by molar-refractivity contribution is 6.01. The van der Waals surface area contributed by atoms with Crippen LogP contribution in [-0.4, -0.2) is 115 Å². The Balaban J connectivity index is 0.727. The van der Waals surface area contributed by atoms with Crippen LogP contribution in [0.1, 0.15) is 74.5 Å². The number of imide groups is 1. The lowest BCUT2D eigenvalue weighted by Crippen LogP contribution is -2.47. The molecule has 0 bridgehead atoms. The molecule has 0 aliphatic carbocycles. The highest BCUT2D eigenvalue weighted by Gasteiger charge is 2.30. The number of anilines is 3. The van der Waals surface area contributed by atoms with Gasteiger partial charge in [0.1, 0.15) is 29.6 Å². The zero-order valence-corrected chi connectivity index (χ0v) is 36.7. The van der Waals surface area contributed by atoms with Gasteiger partial charge in [0.25, 0.3) is 0 Å². The fourth-order valence-corrected chi connectivity index (χ4v) is 9.96. The van der Waals surface area contributed by atoms with Crippen molar-refractivity contribution in [3.63, 3.8) is 0 Å². The Hall–Kier alpha value is -7.19. The summed E-state index contributed by atoms with van der Waals surface area (Å²) in [5.74, 6) is 0.983. The number of nitrogens with zero attached hydrogens (tertiary/aromatic N) is 10. The Kier molecular flexibility index (Phi) is 12.1. The number of carbonyl (C=O) groups excluding carboxylic acids is 3. The van der Waals surface area contributed by atoms with E-state index in [0.29, 0.717) is 62.0 Å². The molecule has 17 heteroatoms. The van der Waals surface area contributed by atoms with Crippen molar-refractivity contribution >= 4 is 40.6 Å². The third-order valence-corrected chi connectivity index (χ3v) is 13.7. The smallest absolute Gasteiger partial charge is 0.249 e. The first kappa shape index (κ1) is 42.7. The van der Waals surface area contributed by atoms with Crippen LogP contribution in [0.2, 0.25) is 0 Å². The topological polar surface area (TPSA) is 182 Å². The molecule has 1 aromatic carbocycles. The highest BCUT2D eigenvalue weighted by Crippen LogP contribution is 2.35. The minimum Gasteiger partial charge on any atom is -0.374 e.